The lowest BCUT2D eigenvalue weighted by Gasteiger charge is -2.27. The van der Waals surface area contributed by atoms with Gasteiger partial charge in [-0.1, -0.05) is 12.8 Å². The molecule has 0 unspecified atom stereocenters. The SMILES string of the molecule is O=C(CSc1ccc(F)c(F)c1)NC1(CO)CCCC1. The van der Waals surface area contributed by atoms with E-state index in [2.05, 4.69) is 5.32 Å². The number of benzene rings is 1. The molecule has 2 rings (SSSR count). The molecule has 1 amide bonds. The number of amides is 1. The van der Waals surface area contributed by atoms with E-state index in [0.717, 1.165) is 49.6 Å². The Morgan fingerprint density at radius 3 is 2.60 bits per heavy atom. The molecule has 0 spiro atoms. The van der Waals surface area contributed by atoms with E-state index in [1.165, 1.54) is 6.07 Å². The molecule has 110 valence electrons. The predicted molar refractivity (Wildman–Crippen MR) is 73.5 cm³/mol. The highest BCUT2D eigenvalue weighted by Gasteiger charge is 2.34. The first kappa shape index (κ1) is 15.3. The average Bonchev–Trinajstić information content (AvgIpc) is 2.89. The lowest BCUT2D eigenvalue weighted by atomic mass is 9.99. The van der Waals surface area contributed by atoms with Gasteiger partial charge in [0.15, 0.2) is 11.6 Å². The zero-order valence-electron chi connectivity index (χ0n) is 11.0. The molecule has 0 saturated heterocycles. The molecule has 0 aliphatic heterocycles. The number of nitrogens with one attached hydrogen (secondary N) is 1. The minimum Gasteiger partial charge on any atom is -0.394 e. The van der Waals surface area contributed by atoms with Gasteiger partial charge in [0.25, 0.3) is 0 Å². The topological polar surface area (TPSA) is 49.3 Å². The van der Waals surface area contributed by atoms with E-state index < -0.39 is 17.2 Å². The Labute approximate surface area is 120 Å². The van der Waals surface area contributed by atoms with Gasteiger partial charge in [0, 0.05) is 4.90 Å². The third-order valence-electron chi connectivity index (χ3n) is 3.53. The quantitative estimate of drug-likeness (QED) is 0.822. The fraction of sp³-hybridized carbons (Fsp3) is 0.500. The summed E-state index contributed by atoms with van der Waals surface area (Å²) in [6, 6.07) is 3.56. The van der Waals surface area contributed by atoms with E-state index in [1.807, 2.05) is 0 Å². The maximum Gasteiger partial charge on any atom is 0.230 e. The van der Waals surface area contributed by atoms with Crippen molar-refractivity contribution in [1.29, 1.82) is 0 Å². The molecule has 2 N–H and O–H groups in total. The zero-order valence-corrected chi connectivity index (χ0v) is 11.8. The molecule has 1 fully saturated rings. The predicted octanol–water partition coefficient (Wildman–Crippen LogP) is 2.48. The van der Waals surface area contributed by atoms with E-state index in [-0.39, 0.29) is 18.3 Å². The summed E-state index contributed by atoms with van der Waals surface area (Å²) in [5.74, 6) is -1.90. The van der Waals surface area contributed by atoms with Crippen LogP contribution in [0.15, 0.2) is 23.1 Å². The molecular formula is C14H17F2NO2S. The summed E-state index contributed by atoms with van der Waals surface area (Å²) >= 11 is 1.14. The van der Waals surface area contributed by atoms with E-state index in [1.54, 1.807) is 0 Å². The monoisotopic (exact) mass is 301 g/mol. The molecule has 0 bridgehead atoms. The maximum atomic E-state index is 13.0. The number of hydrogen-bond donors (Lipinski definition) is 2. The summed E-state index contributed by atoms with van der Waals surface area (Å²) in [6.45, 7) is -0.0609. The van der Waals surface area contributed by atoms with Crippen LogP contribution in [0.4, 0.5) is 8.78 Å². The number of thioether (sulfide) groups is 1. The fourth-order valence-corrected chi connectivity index (χ4v) is 3.14. The summed E-state index contributed by atoms with van der Waals surface area (Å²) < 4.78 is 25.8. The minimum atomic E-state index is -0.918. The van der Waals surface area contributed by atoms with Crippen LogP contribution < -0.4 is 5.32 Å². The third kappa shape index (κ3) is 3.70. The Bertz CT molecular complexity index is 490. The first-order valence-corrected chi connectivity index (χ1v) is 7.53. The van der Waals surface area contributed by atoms with Gasteiger partial charge < -0.3 is 10.4 Å². The van der Waals surface area contributed by atoms with E-state index >= 15 is 0 Å². The zero-order chi connectivity index (χ0) is 14.6. The van der Waals surface area contributed by atoms with Crippen LogP contribution >= 0.6 is 11.8 Å². The first-order chi connectivity index (χ1) is 9.54. The van der Waals surface area contributed by atoms with Crippen molar-refractivity contribution in [2.24, 2.45) is 0 Å². The van der Waals surface area contributed by atoms with Gasteiger partial charge in [-0.3, -0.25) is 4.79 Å². The van der Waals surface area contributed by atoms with Crippen molar-refractivity contribution in [1.82, 2.24) is 5.32 Å². The molecule has 0 atom stereocenters. The van der Waals surface area contributed by atoms with Crippen LogP contribution in [0.5, 0.6) is 0 Å². The second kappa shape index (κ2) is 6.54. The molecular weight excluding hydrogens is 284 g/mol. The summed E-state index contributed by atoms with van der Waals surface area (Å²) in [7, 11) is 0. The molecule has 3 nitrogen and oxygen atoms in total. The van der Waals surface area contributed by atoms with E-state index in [0.29, 0.717) is 4.90 Å². The highest BCUT2D eigenvalue weighted by molar-refractivity contribution is 8.00. The fourth-order valence-electron chi connectivity index (χ4n) is 2.42. The molecule has 1 saturated carbocycles. The van der Waals surface area contributed by atoms with Crippen molar-refractivity contribution >= 4 is 17.7 Å². The van der Waals surface area contributed by atoms with Gasteiger partial charge in [-0.15, -0.1) is 11.8 Å². The highest BCUT2D eigenvalue weighted by atomic mass is 32.2. The summed E-state index contributed by atoms with van der Waals surface area (Å²) in [6.07, 6.45) is 3.56. The lowest BCUT2D eigenvalue weighted by molar-refractivity contribution is -0.121. The molecule has 0 aromatic heterocycles. The van der Waals surface area contributed by atoms with Gasteiger partial charge in [-0.2, -0.15) is 0 Å². The van der Waals surface area contributed by atoms with Crippen LogP contribution in [0.3, 0.4) is 0 Å². The van der Waals surface area contributed by atoms with Crippen LogP contribution in [-0.4, -0.2) is 28.9 Å². The Morgan fingerprint density at radius 1 is 1.30 bits per heavy atom. The van der Waals surface area contributed by atoms with Crippen molar-refractivity contribution in [3.8, 4) is 0 Å². The number of aliphatic hydroxyl groups excluding tert-OH is 1. The van der Waals surface area contributed by atoms with Gasteiger partial charge in [0.1, 0.15) is 0 Å². The van der Waals surface area contributed by atoms with Gasteiger partial charge >= 0.3 is 0 Å². The normalized spacial score (nSPS) is 17.1. The van der Waals surface area contributed by atoms with Crippen molar-refractivity contribution in [3.05, 3.63) is 29.8 Å². The van der Waals surface area contributed by atoms with Gasteiger partial charge in [-0.05, 0) is 31.0 Å². The second-order valence-corrected chi connectivity index (χ2v) is 6.11. The standard InChI is InChI=1S/C14H17F2NO2S/c15-11-4-3-10(7-12(11)16)20-8-13(19)17-14(9-18)5-1-2-6-14/h3-4,7,18H,1-2,5-6,8-9H2,(H,17,19). The van der Waals surface area contributed by atoms with Gasteiger partial charge in [0.2, 0.25) is 5.91 Å². The van der Waals surface area contributed by atoms with Gasteiger partial charge in [-0.25, -0.2) is 8.78 Å². The number of aliphatic hydroxyl groups is 1. The van der Waals surface area contributed by atoms with Crippen molar-refractivity contribution in [2.45, 2.75) is 36.1 Å². The summed E-state index contributed by atoms with van der Waals surface area (Å²) in [5.41, 5.74) is -0.494. The number of rotatable bonds is 5. The van der Waals surface area contributed by atoms with Crippen LogP contribution in [0.1, 0.15) is 25.7 Å². The van der Waals surface area contributed by atoms with Crippen LogP contribution in [0, 0.1) is 11.6 Å². The van der Waals surface area contributed by atoms with Crippen molar-refractivity contribution in [3.63, 3.8) is 0 Å². The highest BCUT2D eigenvalue weighted by Crippen LogP contribution is 2.29. The molecule has 1 aliphatic rings. The molecule has 0 heterocycles. The smallest absolute Gasteiger partial charge is 0.230 e. The van der Waals surface area contributed by atoms with Gasteiger partial charge in [0.05, 0.1) is 17.9 Å². The lowest BCUT2D eigenvalue weighted by Crippen LogP contribution is -2.49. The molecule has 1 aromatic carbocycles. The molecule has 0 radical (unpaired) electrons. The molecule has 20 heavy (non-hydrogen) atoms. The van der Waals surface area contributed by atoms with Crippen LogP contribution in [0.2, 0.25) is 0 Å². The van der Waals surface area contributed by atoms with Crippen molar-refractivity contribution in [2.75, 3.05) is 12.4 Å². The minimum absolute atomic E-state index is 0.0609. The largest absolute Gasteiger partial charge is 0.394 e. The Kier molecular flexibility index (Phi) is 4.99. The Hall–Kier alpha value is -1.14. The van der Waals surface area contributed by atoms with E-state index in [9.17, 15) is 18.7 Å². The number of carbonyl (C=O) groups is 1. The van der Waals surface area contributed by atoms with Crippen molar-refractivity contribution < 1.29 is 18.7 Å². The second-order valence-electron chi connectivity index (χ2n) is 5.06. The Balaban J connectivity index is 1.87. The van der Waals surface area contributed by atoms with Crippen LogP contribution in [-0.2, 0) is 4.79 Å². The summed E-state index contributed by atoms with van der Waals surface area (Å²) in [5, 5.41) is 12.3. The number of carbonyl (C=O) groups excluding carboxylic acids is 1. The summed E-state index contributed by atoms with van der Waals surface area (Å²) in [4.78, 5) is 12.4. The molecule has 6 heteroatoms. The maximum absolute atomic E-state index is 13.0. The number of halogens is 2. The Morgan fingerprint density at radius 2 is 2.00 bits per heavy atom. The average molecular weight is 301 g/mol. The number of hydrogen-bond acceptors (Lipinski definition) is 3. The first-order valence-electron chi connectivity index (χ1n) is 6.54. The third-order valence-corrected chi connectivity index (χ3v) is 4.52. The van der Waals surface area contributed by atoms with E-state index in [4.69, 9.17) is 0 Å². The molecule has 1 aliphatic carbocycles. The van der Waals surface area contributed by atoms with Crippen LogP contribution in [0.25, 0.3) is 0 Å². The molecule has 1 aromatic rings.